The van der Waals surface area contributed by atoms with Crippen LogP contribution in [0.15, 0.2) is 36.5 Å². The Kier molecular flexibility index (Phi) is 3.78. The molecule has 0 aliphatic carbocycles. The van der Waals surface area contributed by atoms with Crippen LogP contribution in [0.5, 0.6) is 5.75 Å². The predicted octanol–water partition coefficient (Wildman–Crippen LogP) is 3.64. The molecule has 0 aliphatic heterocycles. The van der Waals surface area contributed by atoms with Crippen molar-refractivity contribution in [1.29, 1.82) is 0 Å². The topological polar surface area (TPSA) is 22.1 Å². The van der Waals surface area contributed by atoms with E-state index in [9.17, 15) is 0 Å². The first-order valence-electron chi connectivity index (χ1n) is 5.34. The maximum atomic E-state index is 5.78. The lowest BCUT2D eigenvalue weighted by molar-refractivity contribution is 0.276. The number of alkyl halides is 1. The van der Waals surface area contributed by atoms with Crippen LogP contribution in [0.3, 0.4) is 0 Å². The summed E-state index contributed by atoms with van der Waals surface area (Å²) in [4.78, 5) is 4.35. The van der Waals surface area contributed by atoms with E-state index in [1.807, 2.05) is 30.3 Å². The number of hydrogen-bond donors (Lipinski definition) is 0. The molecule has 2 nitrogen and oxygen atoms in total. The smallest absolute Gasteiger partial charge is 0.145 e. The number of benzene rings is 1. The molecule has 0 N–H and O–H groups in total. The molecule has 84 valence electrons. The minimum Gasteiger partial charge on any atom is -0.491 e. The van der Waals surface area contributed by atoms with E-state index in [0.29, 0.717) is 12.5 Å². The van der Waals surface area contributed by atoms with Gasteiger partial charge in [0, 0.05) is 16.9 Å². The molecule has 0 aliphatic rings. The van der Waals surface area contributed by atoms with Gasteiger partial charge in [0.25, 0.3) is 0 Å². The lowest BCUT2D eigenvalue weighted by atomic mass is 10.2. The van der Waals surface area contributed by atoms with Gasteiger partial charge in [0.05, 0.1) is 6.61 Å². The van der Waals surface area contributed by atoms with Crippen LogP contribution >= 0.6 is 15.9 Å². The zero-order valence-corrected chi connectivity index (χ0v) is 10.8. The second-order valence-electron chi connectivity index (χ2n) is 3.90. The van der Waals surface area contributed by atoms with Crippen LogP contribution in [-0.4, -0.2) is 16.9 Å². The summed E-state index contributed by atoms with van der Waals surface area (Å²) in [6, 6.07) is 9.99. The highest BCUT2D eigenvalue weighted by molar-refractivity contribution is 9.09. The van der Waals surface area contributed by atoms with Crippen molar-refractivity contribution < 1.29 is 4.74 Å². The van der Waals surface area contributed by atoms with E-state index in [1.54, 1.807) is 6.20 Å². The third kappa shape index (κ3) is 2.53. The molecule has 0 saturated carbocycles. The summed E-state index contributed by atoms with van der Waals surface area (Å²) in [7, 11) is 0. The fourth-order valence-electron chi connectivity index (χ4n) is 1.47. The first kappa shape index (κ1) is 11.4. The monoisotopic (exact) mass is 279 g/mol. The van der Waals surface area contributed by atoms with E-state index >= 15 is 0 Å². The Morgan fingerprint density at radius 1 is 1.31 bits per heavy atom. The van der Waals surface area contributed by atoms with Gasteiger partial charge in [-0.15, -0.1) is 0 Å². The molecule has 16 heavy (non-hydrogen) atoms. The van der Waals surface area contributed by atoms with Gasteiger partial charge in [0.2, 0.25) is 0 Å². The first-order chi connectivity index (χ1) is 7.81. The Hall–Kier alpha value is -1.09. The summed E-state index contributed by atoms with van der Waals surface area (Å²) in [5.74, 6) is 1.37. The Bertz CT molecular complexity index is 467. The van der Waals surface area contributed by atoms with Crippen molar-refractivity contribution >= 4 is 26.8 Å². The van der Waals surface area contributed by atoms with Crippen molar-refractivity contribution in [3.8, 4) is 5.75 Å². The lowest BCUT2D eigenvalue weighted by Crippen LogP contribution is -2.09. The van der Waals surface area contributed by atoms with Crippen LogP contribution < -0.4 is 4.74 Å². The van der Waals surface area contributed by atoms with E-state index in [0.717, 1.165) is 22.0 Å². The number of rotatable bonds is 4. The van der Waals surface area contributed by atoms with E-state index in [-0.39, 0.29) is 0 Å². The molecule has 1 aromatic heterocycles. The third-order valence-corrected chi connectivity index (χ3v) is 3.49. The molecular formula is C13H14BrNO. The second kappa shape index (κ2) is 5.30. The third-order valence-electron chi connectivity index (χ3n) is 2.38. The van der Waals surface area contributed by atoms with Crippen molar-refractivity contribution in [3.05, 3.63) is 36.5 Å². The SMILES string of the molecule is CC(CBr)COc1cccc2cccnc12. The average molecular weight is 280 g/mol. The molecule has 1 aromatic carbocycles. The molecule has 0 radical (unpaired) electrons. The Morgan fingerprint density at radius 2 is 2.12 bits per heavy atom. The summed E-state index contributed by atoms with van der Waals surface area (Å²) in [6.45, 7) is 2.86. The van der Waals surface area contributed by atoms with Crippen molar-refractivity contribution in [2.45, 2.75) is 6.92 Å². The van der Waals surface area contributed by atoms with Crippen LogP contribution in [0.1, 0.15) is 6.92 Å². The van der Waals surface area contributed by atoms with Gasteiger partial charge in [-0.05, 0) is 18.1 Å². The summed E-state index contributed by atoms with van der Waals surface area (Å²) >= 11 is 3.44. The molecule has 0 spiro atoms. The van der Waals surface area contributed by atoms with Gasteiger partial charge >= 0.3 is 0 Å². The van der Waals surface area contributed by atoms with E-state index < -0.39 is 0 Å². The number of pyridine rings is 1. The van der Waals surface area contributed by atoms with Crippen LogP contribution in [-0.2, 0) is 0 Å². The summed E-state index contributed by atoms with van der Waals surface area (Å²) in [5.41, 5.74) is 0.937. The Labute approximate surface area is 104 Å². The second-order valence-corrected chi connectivity index (χ2v) is 4.55. The summed E-state index contributed by atoms with van der Waals surface area (Å²) in [6.07, 6.45) is 1.79. The molecule has 0 amide bonds. The number of fused-ring (bicyclic) bond motifs is 1. The summed E-state index contributed by atoms with van der Waals surface area (Å²) < 4.78 is 5.78. The largest absolute Gasteiger partial charge is 0.491 e. The van der Waals surface area contributed by atoms with Crippen molar-refractivity contribution in [3.63, 3.8) is 0 Å². The van der Waals surface area contributed by atoms with Gasteiger partial charge in [0.1, 0.15) is 11.3 Å². The van der Waals surface area contributed by atoms with E-state index in [1.165, 1.54) is 0 Å². The average Bonchev–Trinajstić information content (AvgIpc) is 2.35. The minimum atomic E-state index is 0.499. The number of hydrogen-bond acceptors (Lipinski definition) is 2. The minimum absolute atomic E-state index is 0.499. The van der Waals surface area contributed by atoms with Gasteiger partial charge in [0.15, 0.2) is 0 Å². The lowest BCUT2D eigenvalue weighted by Gasteiger charge is -2.11. The first-order valence-corrected chi connectivity index (χ1v) is 6.46. The highest BCUT2D eigenvalue weighted by atomic mass is 79.9. The summed E-state index contributed by atoms with van der Waals surface area (Å²) in [5, 5.41) is 2.07. The molecular weight excluding hydrogens is 266 g/mol. The quantitative estimate of drug-likeness (QED) is 0.798. The molecule has 2 rings (SSSR count). The maximum Gasteiger partial charge on any atom is 0.145 e. The Morgan fingerprint density at radius 3 is 2.94 bits per heavy atom. The van der Waals surface area contributed by atoms with Gasteiger partial charge < -0.3 is 4.74 Å². The number of halogens is 1. The highest BCUT2D eigenvalue weighted by Gasteiger charge is 2.05. The molecule has 1 heterocycles. The van der Waals surface area contributed by atoms with Crippen molar-refractivity contribution in [2.24, 2.45) is 5.92 Å². The van der Waals surface area contributed by atoms with Crippen LogP contribution in [0.25, 0.3) is 10.9 Å². The zero-order chi connectivity index (χ0) is 11.4. The standard InChI is InChI=1S/C13H14BrNO/c1-10(8-14)9-16-12-6-2-4-11-5-3-7-15-13(11)12/h2-7,10H,8-9H2,1H3. The Balaban J connectivity index is 2.23. The van der Waals surface area contributed by atoms with Crippen molar-refractivity contribution in [1.82, 2.24) is 4.98 Å². The van der Waals surface area contributed by atoms with Gasteiger partial charge in [-0.1, -0.05) is 41.1 Å². The predicted molar refractivity (Wildman–Crippen MR) is 70.2 cm³/mol. The van der Waals surface area contributed by atoms with Gasteiger partial charge in [-0.3, -0.25) is 4.98 Å². The number of nitrogens with zero attached hydrogens (tertiary/aromatic N) is 1. The number of para-hydroxylation sites is 1. The van der Waals surface area contributed by atoms with E-state index in [2.05, 4.69) is 27.8 Å². The van der Waals surface area contributed by atoms with Crippen molar-refractivity contribution in [2.75, 3.05) is 11.9 Å². The fraction of sp³-hybridized carbons (Fsp3) is 0.308. The molecule has 0 fully saturated rings. The van der Waals surface area contributed by atoms with Crippen LogP contribution in [0, 0.1) is 5.92 Å². The molecule has 1 atom stereocenters. The van der Waals surface area contributed by atoms with Gasteiger partial charge in [-0.2, -0.15) is 0 Å². The molecule has 1 unspecified atom stereocenters. The number of ether oxygens (including phenoxy) is 1. The molecule has 3 heteroatoms. The molecule has 0 saturated heterocycles. The normalized spacial score (nSPS) is 12.6. The maximum absolute atomic E-state index is 5.78. The highest BCUT2D eigenvalue weighted by Crippen LogP contribution is 2.23. The fourth-order valence-corrected chi connectivity index (χ4v) is 1.66. The van der Waals surface area contributed by atoms with E-state index in [4.69, 9.17) is 4.74 Å². The van der Waals surface area contributed by atoms with Crippen LogP contribution in [0.2, 0.25) is 0 Å². The van der Waals surface area contributed by atoms with Gasteiger partial charge in [-0.25, -0.2) is 0 Å². The molecule has 0 bridgehead atoms. The number of aromatic nitrogens is 1. The molecule has 2 aromatic rings. The van der Waals surface area contributed by atoms with Crippen LogP contribution in [0.4, 0.5) is 0 Å². The zero-order valence-electron chi connectivity index (χ0n) is 9.19.